The third kappa shape index (κ3) is 4.61. The zero-order valence-corrected chi connectivity index (χ0v) is 17.9. The molecule has 176 valence electrons. The molecule has 0 radical (unpaired) electrons. The number of aromatic nitrogens is 2. The quantitative estimate of drug-likeness (QED) is 0.391. The normalized spacial score (nSPS) is 18.7. The summed E-state index contributed by atoms with van der Waals surface area (Å²) in [5.41, 5.74) is -0.141. The van der Waals surface area contributed by atoms with Gasteiger partial charge in [-0.05, 0) is 49.9 Å². The second-order valence-electron chi connectivity index (χ2n) is 8.30. The Bertz CT molecular complexity index is 1300. The van der Waals surface area contributed by atoms with Crippen LogP contribution in [0, 0.1) is 0 Å². The first-order valence-electron chi connectivity index (χ1n) is 10.9. The lowest BCUT2D eigenvalue weighted by molar-refractivity contribution is -0.140. The summed E-state index contributed by atoms with van der Waals surface area (Å²) in [5.74, 6) is 0.445. The molecule has 1 amide bonds. The number of hydrogen-bond donors (Lipinski definition) is 2. The average molecular weight is 470 g/mol. The average Bonchev–Trinajstić information content (AvgIpc) is 3.51. The van der Waals surface area contributed by atoms with E-state index in [1.165, 1.54) is 12.3 Å². The molecule has 1 aliphatic rings. The third-order valence-electron chi connectivity index (χ3n) is 5.88. The van der Waals surface area contributed by atoms with Gasteiger partial charge in [-0.25, -0.2) is 4.98 Å². The highest BCUT2D eigenvalue weighted by molar-refractivity contribution is 5.93. The van der Waals surface area contributed by atoms with E-state index in [4.69, 9.17) is 8.94 Å². The van der Waals surface area contributed by atoms with Gasteiger partial charge in [0.2, 0.25) is 5.76 Å². The standard InChI is InChI=1S/C24H21F3N4O3/c25-24(26,27)22-13-18(16-7-1-2-8-17(16)30-22)28-14-5-3-6-15(11-14)29-23(32)19-12-21(34-31-19)20-9-4-10-33-20/h1-2,4,7-10,12-15H,3,5-6,11H2,(H,28,30)(H,29,32)/t14-,15+/m0/s1. The molecule has 2 atom stereocenters. The lowest BCUT2D eigenvalue weighted by atomic mass is 9.90. The lowest BCUT2D eigenvalue weighted by Crippen LogP contribution is -2.42. The summed E-state index contributed by atoms with van der Waals surface area (Å²) in [5, 5.41) is 10.7. The topological polar surface area (TPSA) is 93.2 Å². The predicted molar refractivity (Wildman–Crippen MR) is 118 cm³/mol. The molecule has 1 aromatic carbocycles. The van der Waals surface area contributed by atoms with E-state index >= 15 is 0 Å². The number of nitrogens with one attached hydrogen (secondary N) is 2. The fourth-order valence-corrected chi connectivity index (χ4v) is 4.29. The minimum Gasteiger partial charge on any atom is -0.461 e. The van der Waals surface area contributed by atoms with Crippen molar-refractivity contribution in [1.29, 1.82) is 0 Å². The van der Waals surface area contributed by atoms with Crippen molar-refractivity contribution >= 4 is 22.5 Å². The molecule has 0 unspecified atom stereocenters. The first kappa shape index (κ1) is 22.0. The summed E-state index contributed by atoms with van der Waals surface area (Å²) < 4.78 is 50.6. The Hall–Kier alpha value is -3.82. The molecule has 10 heteroatoms. The van der Waals surface area contributed by atoms with Gasteiger partial charge in [-0.1, -0.05) is 23.4 Å². The van der Waals surface area contributed by atoms with Crippen LogP contribution in [0.25, 0.3) is 22.4 Å². The number of para-hydroxylation sites is 1. The number of rotatable bonds is 5. The maximum atomic E-state index is 13.4. The van der Waals surface area contributed by atoms with Gasteiger partial charge >= 0.3 is 6.18 Å². The SMILES string of the molecule is O=C(N[C@@H]1CCC[C@H](Nc2cc(C(F)(F)F)nc3ccccc23)C1)c1cc(-c2ccco2)on1. The molecule has 4 aromatic rings. The molecular weight excluding hydrogens is 449 g/mol. The van der Waals surface area contributed by atoms with Gasteiger partial charge in [0.1, 0.15) is 5.69 Å². The van der Waals surface area contributed by atoms with Gasteiger partial charge in [0.25, 0.3) is 5.91 Å². The molecule has 1 fully saturated rings. The Balaban J connectivity index is 1.29. The summed E-state index contributed by atoms with van der Waals surface area (Å²) in [4.78, 5) is 16.4. The fourth-order valence-electron chi connectivity index (χ4n) is 4.29. The minimum absolute atomic E-state index is 0.109. The van der Waals surface area contributed by atoms with Crippen molar-refractivity contribution in [3.8, 4) is 11.5 Å². The molecule has 3 heterocycles. The van der Waals surface area contributed by atoms with Crippen LogP contribution in [-0.4, -0.2) is 28.1 Å². The van der Waals surface area contributed by atoms with Crippen LogP contribution >= 0.6 is 0 Å². The van der Waals surface area contributed by atoms with E-state index in [-0.39, 0.29) is 29.2 Å². The van der Waals surface area contributed by atoms with Gasteiger partial charge in [0, 0.05) is 29.2 Å². The van der Waals surface area contributed by atoms with Crippen LogP contribution in [0.1, 0.15) is 41.9 Å². The first-order chi connectivity index (χ1) is 16.4. The Labute approximate surface area is 192 Å². The second kappa shape index (κ2) is 8.85. The number of pyridine rings is 1. The van der Waals surface area contributed by atoms with Gasteiger partial charge in [0.15, 0.2) is 11.5 Å². The summed E-state index contributed by atoms with van der Waals surface area (Å²) in [6, 6.07) is 12.4. The zero-order chi connectivity index (χ0) is 23.7. The van der Waals surface area contributed by atoms with Crippen LogP contribution in [0.15, 0.2) is 63.7 Å². The van der Waals surface area contributed by atoms with Crippen molar-refractivity contribution in [3.63, 3.8) is 0 Å². The van der Waals surface area contributed by atoms with E-state index in [0.29, 0.717) is 29.0 Å². The molecule has 0 aliphatic heterocycles. The highest BCUT2D eigenvalue weighted by Crippen LogP contribution is 2.34. The predicted octanol–water partition coefficient (Wildman–Crippen LogP) is 5.65. The number of carbonyl (C=O) groups is 1. The molecule has 1 aliphatic carbocycles. The van der Waals surface area contributed by atoms with Crippen molar-refractivity contribution in [2.75, 3.05) is 5.32 Å². The molecule has 34 heavy (non-hydrogen) atoms. The van der Waals surface area contributed by atoms with Crippen molar-refractivity contribution in [3.05, 3.63) is 66.2 Å². The van der Waals surface area contributed by atoms with E-state index in [2.05, 4.69) is 20.8 Å². The molecule has 7 nitrogen and oxygen atoms in total. The van der Waals surface area contributed by atoms with Crippen molar-refractivity contribution in [1.82, 2.24) is 15.5 Å². The zero-order valence-electron chi connectivity index (χ0n) is 17.9. The van der Waals surface area contributed by atoms with E-state index in [1.807, 2.05) is 0 Å². The van der Waals surface area contributed by atoms with Crippen LogP contribution in [0.5, 0.6) is 0 Å². The highest BCUT2D eigenvalue weighted by Gasteiger charge is 2.34. The van der Waals surface area contributed by atoms with Crippen molar-refractivity contribution in [2.24, 2.45) is 0 Å². The van der Waals surface area contributed by atoms with Crippen molar-refractivity contribution in [2.45, 2.75) is 43.9 Å². The van der Waals surface area contributed by atoms with Crippen LogP contribution in [0.4, 0.5) is 18.9 Å². The maximum absolute atomic E-state index is 13.4. The second-order valence-corrected chi connectivity index (χ2v) is 8.30. The van der Waals surface area contributed by atoms with Crippen LogP contribution < -0.4 is 10.6 Å². The fraction of sp³-hybridized carbons (Fsp3) is 0.292. The van der Waals surface area contributed by atoms with E-state index in [9.17, 15) is 18.0 Å². The monoisotopic (exact) mass is 470 g/mol. The number of hydrogen-bond acceptors (Lipinski definition) is 6. The number of amides is 1. The molecule has 0 bridgehead atoms. The number of anilines is 1. The van der Waals surface area contributed by atoms with Gasteiger partial charge in [-0.15, -0.1) is 0 Å². The number of halogens is 3. The first-order valence-corrected chi connectivity index (χ1v) is 10.9. The molecule has 3 aromatic heterocycles. The number of benzene rings is 1. The van der Waals surface area contributed by atoms with E-state index in [0.717, 1.165) is 25.3 Å². The maximum Gasteiger partial charge on any atom is 0.433 e. The number of carbonyl (C=O) groups excluding carboxylic acids is 1. The summed E-state index contributed by atoms with van der Waals surface area (Å²) in [6.45, 7) is 0. The number of alkyl halides is 3. The number of nitrogens with zero attached hydrogens (tertiary/aromatic N) is 2. The van der Waals surface area contributed by atoms with Crippen LogP contribution in [-0.2, 0) is 6.18 Å². The largest absolute Gasteiger partial charge is 0.461 e. The van der Waals surface area contributed by atoms with Crippen molar-refractivity contribution < 1.29 is 26.9 Å². The smallest absolute Gasteiger partial charge is 0.433 e. The highest BCUT2D eigenvalue weighted by atomic mass is 19.4. The molecular formula is C24H21F3N4O3. The molecule has 0 saturated heterocycles. The van der Waals surface area contributed by atoms with Gasteiger partial charge < -0.3 is 19.6 Å². The van der Waals surface area contributed by atoms with Crippen LogP contribution in [0.2, 0.25) is 0 Å². The summed E-state index contributed by atoms with van der Waals surface area (Å²) in [7, 11) is 0. The minimum atomic E-state index is -4.55. The Morgan fingerprint density at radius 2 is 1.85 bits per heavy atom. The Kier molecular flexibility index (Phi) is 5.72. The number of fused-ring (bicyclic) bond motifs is 1. The lowest BCUT2D eigenvalue weighted by Gasteiger charge is -2.31. The molecule has 0 spiro atoms. The molecule has 2 N–H and O–H groups in total. The van der Waals surface area contributed by atoms with E-state index in [1.54, 1.807) is 36.4 Å². The summed E-state index contributed by atoms with van der Waals surface area (Å²) >= 11 is 0. The summed E-state index contributed by atoms with van der Waals surface area (Å²) in [6.07, 6.45) is -0.137. The van der Waals surface area contributed by atoms with E-state index < -0.39 is 11.9 Å². The molecule has 5 rings (SSSR count). The Morgan fingerprint density at radius 1 is 1.03 bits per heavy atom. The third-order valence-corrected chi connectivity index (χ3v) is 5.88. The number of furan rings is 1. The van der Waals surface area contributed by atoms with Crippen LogP contribution in [0.3, 0.4) is 0 Å². The van der Waals surface area contributed by atoms with Gasteiger partial charge in [-0.2, -0.15) is 13.2 Å². The Morgan fingerprint density at radius 3 is 2.65 bits per heavy atom. The van der Waals surface area contributed by atoms with Gasteiger partial charge in [-0.3, -0.25) is 4.79 Å². The molecule has 1 saturated carbocycles. The van der Waals surface area contributed by atoms with Gasteiger partial charge in [0.05, 0.1) is 11.8 Å².